The Kier molecular flexibility index (Phi) is 3.34. The summed E-state index contributed by atoms with van der Waals surface area (Å²) < 4.78 is 5.17. The highest BCUT2D eigenvalue weighted by molar-refractivity contribution is 6.05. The van der Waals surface area contributed by atoms with E-state index >= 15 is 0 Å². The molecule has 0 atom stereocenters. The van der Waals surface area contributed by atoms with E-state index in [0.717, 1.165) is 0 Å². The summed E-state index contributed by atoms with van der Waals surface area (Å²) in [5.74, 6) is -0.712. The summed E-state index contributed by atoms with van der Waals surface area (Å²) in [5, 5.41) is 9.98. The average Bonchev–Trinajstić information content (AvgIpc) is 2.53. The fraction of sp³-hybridized carbons (Fsp3) is 0.0625. The summed E-state index contributed by atoms with van der Waals surface area (Å²) in [6.07, 6.45) is 1.54. The van der Waals surface area contributed by atoms with Crippen molar-refractivity contribution in [2.24, 2.45) is 0 Å². The number of rotatable bonds is 3. The first-order chi connectivity index (χ1) is 10.6. The van der Waals surface area contributed by atoms with Crippen molar-refractivity contribution in [3.8, 4) is 16.9 Å². The maximum Gasteiger partial charge on any atom is 0.342 e. The molecule has 0 fully saturated rings. The van der Waals surface area contributed by atoms with Gasteiger partial charge in [0.05, 0.1) is 7.11 Å². The van der Waals surface area contributed by atoms with Gasteiger partial charge in [-0.2, -0.15) is 0 Å². The molecule has 110 valence electrons. The molecule has 0 aliphatic rings. The first-order valence-corrected chi connectivity index (χ1v) is 6.50. The third-order valence-electron chi connectivity index (χ3n) is 3.36. The van der Waals surface area contributed by atoms with Crippen LogP contribution in [-0.2, 0) is 0 Å². The molecular weight excluding hydrogens is 284 g/mol. The van der Waals surface area contributed by atoms with Crippen LogP contribution in [0, 0.1) is 0 Å². The van der Waals surface area contributed by atoms with Crippen molar-refractivity contribution < 1.29 is 14.6 Å². The van der Waals surface area contributed by atoms with Gasteiger partial charge in [-0.3, -0.25) is 4.79 Å². The minimum Gasteiger partial charge on any atom is -0.497 e. The van der Waals surface area contributed by atoms with Gasteiger partial charge < -0.3 is 14.8 Å². The van der Waals surface area contributed by atoms with Crippen molar-refractivity contribution in [3.63, 3.8) is 0 Å². The average molecular weight is 296 g/mol. The van der Waals surface area contributed by atoms with Crippen LogP contribution in [-0.4, -0.2) is 28.2 Å². The van der Waals surface area contributed by atoms with E-state index in [2.05, 4.69) is 9.97 Å². The molecule has 22 heavy (non-hydrogen) atoms. The second kappa shape index (κ2) is 5.33. The molecule has 6 heteroatoms. The standard InChI is InChI=1S/C16H12N2O4/c1-22-10-5-2-4-9(8-10)12-11-6-3-7-17-14(11)18-15(19)13(12)16(20)21/h2-8H,1H3,(H,20,21)(H,17,18,19). The lowest BCUT2D eigenvalue weighted by Crippen LogP contribution is -2.19. The number of nitrogens with zero attached hydrogens (tertiary/aromatic N) is 1. The first kappa shape index (κ1) is 13.8. The molecule has 6 nitrogen and oxygen atoms in total. The molecule has 0 saturated carbocycles. The van der Waals surface area contributed by atoms with E-state index in [1.807, 2.05) is 0 Å². The van der Waals surface area contributed by atoms with Crippen LogP contribution in [0.4, 0.5) is 0 Å². The molecule has 0 saturated heterocycles. The number of aromatic amines is 1. The second-order valence-electron chi connectivity index (χ2n) is 4.64. The SMILES string of the molecule is COc1cccc(-c2c(C(=O)O)c(=O)[nH]c3ncccc23)c1. The van der Waals surface area contributed by atoms with E-state index in [4.69, 9.17) is 4.74 Å². The normalized spacial score (nSPS) is 10.6. The number of H-pyrrole nitrogens is 1. The summed E-state index contributed by atoms with van der Waals surface area (Å²) >= 11 is 0. The Balaban J connectivity index is 2.46. The number of carbonyl (C=O) groups is 1. The van der Waals surface area contributed by atoms with E-state index in [1.54, 1.807) is 36.4 Å². The highest BCUT2D eigenvalue weighted by Gasteiger charge is 2.20. The number of methoxy groups -OCH3 is 1. The number of aromatic carboxylic acids is 1. The summed E-state index contributed by atoms with van der Waals surface area (Å²) in [5.41, 5.74) is 0.264. The molecule has 3 aromatic rings. The lowest BCUT2D eigenvalue weighted by Gasteiger charge is -2.10. The number of hydrogen-bond acceptors (Lipinski definition) is 4. The Bertz CT molecular complexity index is 931. The van der Waals surface area contributed by atoms with Gasteiger partial charge in [0.2, 0.25) is 0 Å². The highest BCUT2D eigenvalue weighted by Crippen LogP contribution is 2.30. The van der Waals surface area contributed by atoms with Gasteiger partial charge in [0.25, 0.3) is 5.56 Å². The van der Waals surface area contributed by atoms with Gasteiger partial charge in [-0.15, -0.1) is 0 Å². The van der Waals surface area contributed by atoms with Crippen LogP contribution in [0.15, 0.2) is 47.4 Å². The van der Waals surface area contributed by atoms with Gasteiger partial charge in [0.1, 0.15) is 17.0 Å². The molecule has 0 amide bonds. The molecular formula is C16H12N2O4. The molecule has 0 aliphatic carbocycles. The van der Waals surface area contributed by atoms with Crippen LogP contribution < -0.4 is 10.3 Å². The van der Waals surface area contributed by atoms with Crippen molar-refractivity contribution >= 4 is 17.0 Å². The Morgan fingerprint density at radius 3 is 2.82 bits per heavy atom. The van der Waals surface area contributed by atoms with Gasteiger partial charge >= 0.3 is 5.97 Å². The molecule has 0 spiro atoms. The van der Waals surface area contributed by atoms with Crippen molar-refractivity contribution in [1.29, 1.82) is 0 Å². The van der Waals surface area contributed by atoms with Crippen LogP contribution in [0.1, 0.15) is 10.4 Å². The Labute approximate surface area is 125 Å². The number of hydrogen-bond donors (Lipinski definition) is 2. The van der Waals surface area contributed by atoms with E-state index in [1.165, 1.54) is 13.3 Å². The van der Waals surface area contributed by atoms with E-state index in [9.17, 15) is 14.7 Å². The van der Waals surface area contributed by atoms with Gasteiger partial charge in [-0.1, -0.05) is 12.1 Å². The van der Waals surface area contributed by atoms with Gasteiger partial charge in [-0.05, 0) is 29.8 Å². The molecule has 0 bridgehead atoms. The lowest BCUT2D eigenvalue weighted by atomic mass is 9.97. The predicted molar refractivity (Wildman–Crippen MR) is 81.3 cm³/mol. The molecule has 2 N–H and O–H groups in total. The fourth-order valence-corrected chi connectivity index (χ4v) is 2.41. The number of carboxylic acid groups (broad SMARTS) is 1. The van der Waals surface area contributed by atoms with E-state index in [-0.39, 0.29) is 5.56 Å². The zero-order valence-electron chi connectivity index (χ0n) is 11.7. The van der Waals surface area contributed by atoms with Crippen LogP contribution in [0.5, 0.6) is 5.75 Å². The summed E-state index contributed by atoms with van der Waals surface area (Å²) in [6.45, 7) is 0. The number of aromatic nitrogens is 2. The number of pyridine rings is 2. The van der Waals surface area contributed by atoms with Crippen LogP contribution >= 0.6 is 0 Å². The Hall–Kier alpha value is -3.15. The Morgan fingerprint density at radius 2 is 2.09 bits per heavy atom. The molecule has 3 rings (SSSR count). The smallest absolute Gasteiger partial charge is 0.342 e. The predicted octanol–water partition coefficient (Wildman–Crippen LogP) is 2.30. The van der Waals surface area contributed by atoms with Crippen LogP contribution in [0.3, 0.4) is 0 Å². The van der Waals surface area contributed by atoms with Crippen molar-refractivity contribution in [2.75, 3.05) is 7.11 Å². The van der Waals surface area contributed by atoms with E-state index in [0.29, 0.717) is 27.9 Å². The highest BCUT2D eigenvalue weighted by atomic mass is 16.5. The maximum absolute atomic E-state index is 12.1. The summed E-state index contributed by atoms with van der Waals surface area (Å²) in [4.78, 5) is 30.2. The number of benzene rings is 1. The molecule has 0 aliphatic heterocycles. The van der Waals surface area contributed by atoms with Crippen molar-refractivity contribution in [3.05, 3.63) is 58.5 Å². The van der Waals surface area contributed by atoms with Crippen LogP contribution in [0.2, 0.25) is 0 Å². The molecule has 0 unspecified atom stereocenters. The van der Waals surface area contributed by atoms with Gasteiger partial charge in [0.15, 0.2) is 0 Å². The van der Waals surface area contributed by atoms with Crippen LogP contribution in [0.25, 0.3) is 22.2 Å². The number of fused-ring (bicyclic) bond motifs is 1. The van der Waals surface area contributed by atoms with Crippen molar-refractivity contribution in [2.45, 2.75) is 0 Å². The van der Waals surface area contributed by atoms with Gasteiger partial charge in [-0.25, -0.2) is 9.78 Å². The quantitative estimate of drug-likeness (QED) is 0.773. The van der Waals surface area contributed by atoms with Crippen molar-refractivity contribution in [1.82, 2.24) is 9.97 Å². The Morgan fingerprint density at radius 1 is 1.27 bits per heavy atom. The molecule has 1 aromatic carbocycles. The van der Waals surface area contributed by atoms with E-state index < -0.39 is 11.5 Å². The number of carboxylic acids is 1. The minimum atomic E-state index is -1.29. The monoisotopic (exact) mass is 296 g/mol. The lowest BCUT2D eigenvalue weighted by molar-refractivity contribution is 0.0696. The first-order valence-electron chi connectivity index (χ1n) is 6.50. The zero-order chi connectivity index (χ0) is 15.7. The summed E-state index contributed by atoms with van der Waals surface area (Å²) in [7, 11) is 1.52. The fourth-order valence-electron chi connectivity index (χ4n) is 2.41. The number of nitrogens with one attached hydrogen (secondary N) is 1. The van der Waals surface area contributed by atoms with Gasteiger partial charge in [0, 0.05) is 17.1 Å². The summed E-state index contributed by atoms with van der Waals surface area (Å²) in [6, 6.07) is 10.3. The molecule has 0 radical (unpaired) electrons. The molecule has 2 heterocycles. The molecule has 2 aromatic heterocycles. The second-order valence-corrected chi connectivity index (χ2v) is 4.64. The largest absolute Gasteiger partial charge is 0.497 e. The topological polar surface area (TPSA) is 92.3 Å². The third kappa shape index (κ3) is 2.20. The minimum absolute atomic E-state index is 0.311. The zero-order valence-corrected chi connectivity index (χ0v) is 11.7. The number of ether oxygens (including phenoxy) is 1. The third-order valence-corrected chi connectivity index (χ3v) is 3.36. The maximum atomic E-state index is 12.1.